The van der Waals surface area contributed by atoms with Gasteiger partial charge in [0.15, 0.2) is 0 Å². The topological polar surface area (TPSA) is 4.93 Å². The van der Waals surface area contributed by atoms with Gasteiger partial charge in [0, 0.05) is 39.8 Å². The molecule has 0 spiro atoms. The van der Waals surface area contributed by atoms with Crippen LogP contribution in [0.15, 0.2) is 85.5 Å². The number of para-hydroxylation sites is 2. The third-order valence-corrected chi connectivity index (χ3v) is 6.14. The molecule has 29 heavy (non-hydrogen) atoms. The van der Waals surface area contributed by atoms with Crippen LogP contribution in [0, 0.1) is 11.5 Å². The highest BCUT2D eigenvalue weighted by Crippen LogP contribution is 2.31. The van der Waals surface area contributed by atoms with Crippen LogP contribution in [0.3, 0.4) is 0 Å². The Bertz CT molecular complexity index is 1170. The monoisotopic (exact) mass is 393 g/mol. The van der Waals surface area contributed by atoms with Gasteiger partial charge in [-0.1, -0.05) is 80.2 Å². The number of aromatic nitrogens is 1. The quantitative estimate of drug-likeness (QED) is 0.200. The predicted molar refractivity (Wildman–Crippen MR) is 129 cm³/mol. The van der Waals surface area contributed by atoms with Gasteiger partial charge in [-0.25, -0.2) is 0 Å². The van der Waals surface area contributed by atoms with Gasteiger partial charge in [-0.2, -0.15) is 0 Å². The fraction of sp³-hybridized carbons (Fsp3) is 0.185. The van der Waals surface area contributed by atoms with Gasteiger partial charge in [0.2, 0.25) is 0 Å². The van der Waals surface area contributed by atoms with E-state index >= 15 is 0 Å². The number of fused-ring (bicyclic) bond motifs is 3. The minimum Gasteiger partial charge on any atom is -0.340 e. The second kappa shape index (κ2) is 7.77. The van der Waals surface area contributed by atoms with Gasteiger partial charge in [0.1, 0.15) is 8.07 Å². The van der Waals surface area contributed by atoms with E-state index in [1.165, 1.54) is 27.4 Å². The van der Waals surface area contributed by atoms with Crippen LogP contribution in [0.4, 0.5) is 0 Å². The summed E-state index contributed by atoms with van der Waals surface area (Å²) >= 11 is 0. The van der Waals surface area contributed by atoms with Gasteiger partial charge >= 0.3 is 0 Å². The third kappa shape index (κ3) is 4.06. The maximum atomic E-state index is 4.13. The van der Waals surface area contributed by atoms with E-state index in [0.717, 1.165) is 12.1 Å². The Kier molecular flexibility index (Phi) is 5.17. The van der Waals surface area contributed by atoms with Crippen molar-refractivity contribution in [2.45, 2.75) is 32.1 Å². The first kappa shape index (κ1) is 19.3. The number of allylic oxidation sites excluding steroid dienone is 1. The van der Waals surface area contributed by atoms with Crippen molar-refractivity contribution in [2.75, 3.05) is 0 Å². The molecule has 0 amide bonds. The van der Waals surface area contributed by atoms with Crippen molar-refractivity contribution in [3.63, 3.8) is 0 Å². The smallest absolute Gasteiger partial charge is 0.129 e. The van der Waals surface area contributed by atoms with Crippen LogP contribution in [0.5, 0.6) is 0 Å². The summed E-state index contributed by atoms with van der Waals surface area (Å²) in [5, 5.41) is 2.62. The number of rotatable bonds is 4. The van der Waals surface area contributed by atoms with Crippen molar-refractivity contribution in [3.8, 4) is 11.5 Å². The Labute approximate surface area is 174 Å². The number of hydrogen-bond acceptors (Lipinski definition) is 0. The summed E-state index contributed by atoms with van der Waals surface area (Å²) in [6.45, 7) is 11.8. The van der Waals surface area contributed by atoms with Crippen LogP contribution in [0.2, 0.25) is 19.6 Å². The van der Waals surface area contributed by atoms with Gasteiger partial charge in [-0.3, -0.25) is 0 Å². The van der Waals surface area contributed by atoms with Crippen LogP contribution in [-0.4, -0.2) is 12.6 Å². The van der Waals surface area contributed by atoms with Crippen LogP contribution in [0.1, 0.15) is 17.0 Å². The second-order valence-electron chi connectivity index (χ2n) is 8.61. The van der Waals surface area contributed by atoms with Gasteiger partial charge in [0.05, 0.1) is 0 Å². The first-order valence-corrected chi connectivity index (χ1v) is 13.7. The lowest BCUT2D eigenvalue weighted by Crippen LogP contribution is -2.16. The Hall–Kier alpha value is -3.02. The summed E-state index contributed by atoms with van der Waals surface area (Å²) < 4.78 is 2.43. The Morgan fingerprint density at radius 1 is 0.862 bits per heavy atom. The summed E-state index contributed by atoms with van der Waals surface area (Å²) in [7, 11) is -1.36. The Balaban J connectivity index is 1.69. The van der Waals surface area contributed by atoms with E-state index < -0.39 is 8.07 Å². The van der Waals surface area contributed by atoms with E-state index in [-0.39, 0.29) is 5.92 Å². The first-order chi connectivity index (χ1) is 14.0. The van der Waals surface area contributed by atoms with Crippen molar-refractivity contribution >= 4 is 29.9 Å². The highest BCUT2D eigenvalue weighted by atomic mass is 28.3. The molecule has 1 atom stereocenters. The minimum atomic E-state index is -1.36. The predicted octanol–water partition coefficient (Wildman–Crippen LogP) is 6.99. The molecule has 0 unspecified atom stereocenters. The number of hydrogen-bond donors (Lipinski definition) is 0. The van der Waals surface area contributed by atoms with E-state index in [9.17, 15) is 0 Å². The van der Waals surface area contributed by atoms with Gasteiger partial charge in [0.25, 0.3) is 0 Å². The standard InChI is InChI=1S/C27H27NSi/c1-5-22(23-16-14-21(15-17-23)18-19-29(2,3)4)20-28-26-12-8-6-10-24(26)25-11-7-9-13-27(25)28/h5-17,22H,1,20H2,2-4H3/t22-/m1/s1. The molecule has 0 N–H and O–H groups in total. The molecule has 3 aromatic carbocycles. The molecule has 4 aromatic rings. The average molecular weight is 394 g/mol. The van der Waals surface area contributed by atoms with Crippen LogP contribution >= 0.6 is 0 Å². The van der Waals surface area contributed by atoms with E-state index in [0.29, 0.717) is 0 Å². The largest absolute Gasteiger partial charge is 0.340 e. The summed E-state index contributed by atoms with van der Waals surface area (Å²) in [5.74, 6) is 3.59. The zero-order chi connectivity index (χ0) is 20.4. The average Bonchev–Trinajstić information content (AvgIpc) is 3.04. The van der Waals surface area contributed by atoms with E-state index in [1.54, 1.807) is 0 Å². The van der Waals surface area contributed by atoms with Crippen molar-refractivity contribution < 1.29 is 0 Å². The highest BCUT2D eigenvalue weighted by molar-refractivity contribution is 6.83. The number of nitrogens with zero attached hydrogens (tertiary/aromatic N) is 1. The van der Waals surface area contributed by atoms with E-state index in [1.807, 2.05) is 0 Å². The summed E-state index contributed by atoms with van der Waals surface area (Å²) in [5.41, 5.74) is 8.37. The molecule has 1 nitrogen and oxygen atoms in total. The lowest BCUT2D eigenvalue weighted by molar-refractivity contribution is 0.676. The zero-order valence-electron chi connectivity index (χ0n) is 17.4. The van der Waals surface area contributed by atoms with Gasteiger partial charge in [-0.15, -0.1) is 12.1 Å². The molecule has 4 rings (SSSR count). The van der Waals surface area contributed by atoms with Gasteiger partial charge < -0.3 is 4.57 Å². The van der Waals surface area contributed by atoms with Crippen molar-refractivity contribution in [2.24, 2.45) is 0 Å². The summed E-state index contributed by atoms with van der Waals surface area (Å²) in [6, 6.07) is 26.0. The van der Waals surface area contributed by atoms with Crippen molar-refractivity contribution in [3.05, 3.63) is 96.6 Å². The minimum absolute atomic E-state index is 0.244. The second-order valence-corrected chi connectivity index (χ2v) is 13.4. The summed E-state index contributed by atoms with van der Waals surface area (Å²) in [6.07, 6.45) is 2.06. The Morgan fingerprint density at radius 2 is 1.41 bits per heavy atom. The van der Waals surface area contributed by atoms with Crippen molar-refractivity contribution in [1.82, 2.24) is 4.57 Å². The van der Waals surface area contributed by atoms with E-state index in [4.69, 9.17) is 0 Å². The SMILES string of the molecule is C=C[C@H](Cn1c2ccccc2c2ccccc21)c1ccc(C#C[Si](C)(C)C)cc1. The molecule has 0 radical (unpaired) electrons. The zero-order valence-corrected chi connectivity index (χ0v) is 18.4. The first-order valence-electron chi connectivity index (χ1n) is 10.2. The van der Waals surface area contributed by atoms with Crippen LogP contribution in [0.25, 0.3) is 21.8 Å². The normalized spacial score (nSPS) is 12.5. The maximum Gasteiger partial charge on any atom is 0.129 e. The Morgan fingerprint density at radius 3 is 1.93 bits per heavy atom. The molecule has 1 aromatic heterocycles. The third-order valence-electron chi connectivity index (χ3n) is 5.26. The lowest BCUT2D eigenvalue weighted by Gasteiger charge is -2.16. The van der Waals surface area contributed by atoms with Crippen LogP contribution in [-0.2, 0) is 6.54 Å². The molecule has 144 valence electrons. The highest BCUT2D eigenvalue weighted by Gasteiger charge is 2.14. The molecular formula is C27H27NSi. The molecule has 0 bridgehead atoms. The van der Waals surface area contributed by atoms with Gasteiger partial charge in [-0.05, 0) is 29.8 Å². The maximum absolute atomic E-state index is 4.13. The molecule has 0 aliphatic carbocycles. The molecule has 0 aliphatic heterocycles. The molecule has 2 heteroatoms. The molecular weight excluding hydrogens is 366 g/mol. The fourth-order valence-corrected chi connectivity index (χ4v) is 4.31. The molecule has 0 aliphatic rings. The van der Waals surface area contributed by atoms with E-state index in [2.05, 4.69) is 121 Å². The molecule has 0 saturated heterocycles. The lowest BCUT2D eigenvalue weighted by atomic mass is 9.98. The van der Waals surface area contributed by atoms with Crippen molar-refractivity contribution in [1.29, 1.82) is 0 Å². The molecule has 0 fully saturated rings. The fourth-order valence-electron chi connectivity index (χ4n) is 3.79. The summed E-state index contributed by atoms with van der Waals surface area (Å²) in [4.78, 5) is 0. The van der Waals surface area contributed by atoms with Crippen LogP contribution < -0.4 is 0 Å². The number of benzene rings is 3. The molecule has 0 saturated carbocycles. The molecule has 1 heterocycles.